The number of hydrogen-bond acceptors (Lipinski definition) is 0. The summed E-state index contributed by atoms with van der Waals surface area (Å²) in [7, 11) is 0. The Morgan fingerprint density at radius 1 is 0.621 bits per heavy atom. The Labute approximate surface area is 360 Å². The standard InChI is InChI=1S/C29H37.2C10H7.C5H5.CH2.2ClH.Zr/c1-18-25-22-17-19-13-9-10-14-20(19)24(22)21-15-11-12-16-23(21)29(25,8)28(6,7)27(4,5)26(18,2)3;2*1-2-6-10-8-4-3-7-9(10)5-1;1-2-4-5-3-1;;;;/h9-11,13-15,23H,12,16-17H2,1-8H3;2*1-3,5-8H;1-3H,4H2;1H2;2*1H;. The molecule has 10 rings (SSSR count). The monoisotopic (exact) mass is 880 g/mol. The first kappa shape index (κ1) is 41.4. The molecule has 3 heteroatoms. The maximum atomic E-state index is 6.27. The van der Waals surface area contributed by atoms with Crippen molar-refractivity contribution in [3.8, 4) is 0 Å². The summed E-state index contributed by atoms with van der Waals surface area (Å²) in [5.74, 6) is 0.411. The molecule has 3 unspecified atom stereocenters. The quantitative estimate of drug-likeness (QED) is 0.169. The molecule has 298 valence electrons. The summed E-state index contributed by atoms with van der Waals surface area (Å²) in [6, 6.07) is 42.7. The summed E-state index contributed by atoms with van der Waals surface area (Å²) in [6.07, 6.45) is 16.6. The Hall–Kier alpha value is -3.35. The molecule has 58 heavy (non-hydrogen) atoms. The second-order valence-corrected chi connectivity index (χ2v) is 34.2. The van der Waals surface area contributed by atoms with Crippen molar-refractivity contribution < 1.29 is 18.3 Å². The van der Waals surface area contributed by atoms with E-state index in [0.717, 1.165) is 19.3 Å². The normalized spacial score (nSPS) is 26.3. The maximum absolute atomic E-state index is 6.27. The predicted molar refractivity (Wildman–Crippen MR) is 254 cm³/mol. The third-order valence-corrected chi connectivity index (χ3v) is 38.4. The van der Waals surface area contributed by atoms with Gasteiger partial charge in [0.1, 0.15) is 0 Å². The Kier molecular flexibility index (Phi) is 9.51. The number of benzene rings is 5. The van der Waals surface area contributed by atoms with Crippen molar-refractivity contribution in [2.24, 2.45) is 27.6 Å². The van der Waals surface area contributed by atoms with Crippen LogP contribution in [0.25, 0.3) is 27.1 Å². The second kappa shape index (κ2) is 13.3. The van der Waals surface area contributed by atoms with Crippen molar-refractivity contribution in [1.29, 1.82) is 0 Å². The third-order valence-electron chi connectivity index (χ3n) is 18.6. The van der Waals surface area contributed by atoms with E-state index < -0.39 is 18.3 Å². The van der Waals surface area contributed by atoms with Crippen molar-refractivity contribution in [2.75, 3.05) is 0 Å². The van der Waals surface area contributed by atoms with Gasteiger partial charge in [0.25, 0.3) is 0 Å². The molecule has 0 N–H and O–H groups in total. The molecule has 0 radical (unpaired) electrons. The molecular weight excluding hydrogens is 823 g/mol. The van der Waals surface area contributed by atoms with E-state index >= 15 is 0 Å². The SMILES string of the molecule is Cl.Cl.[CH2]=[Zr]([C]1=CC=CC1)([c]1ccc2ccccc2c1)([c]1ccc2ccccc2c1)[C]1(C)C2=C3Cc4ccccc4C3=C3C=CCCC3C2(C)C(C)(C)C(C)(C)C1(C)C. The van der Waals surface area contributed by atoms with Crippen molar-refractivity contribution in [3.63, 3.8) is 0 Å². The molecular formula is C55H60Cl2Zr. The van der Waals surface area contributed by atoms with Crippen LogP contribution in [0.2, 0.25) is 3.12 Å². The number of rotatable bonds is 4. The first-order valence-corrected chi connectivity index (χ1v) is 27.9. The first-order chi connectivity index (χ1) is 26.6. The summed E-state index contributed by atoms with van der Waals surface area (Å²) in [5.41, 5.74) is 8.98. The van der Waals surface area contributed by atoms with Crippen molar-refractivity contribution in [3.05, 3.63) is 171 Å². The molecule has 0 aliphatic heterocycles. The van der Waals surface area contributed by atoms with Gasteiger partial charge in [0.15, 0.2) is 0 Å². The Morgan fingerprint density at radius 3 is 1.78 bits per heavy atom. The predicted octanol–water partition coefficient (Wildman–Crippen LogP) is 14.3. The van der Waals surface area contributed by atoms with Crippen LogP contribution >= 0.6 is 24.8 Å². The molecule has 5 aliphatic carbocycles. The second-order valence-electron chi connectivity index (χ2n) is 20.2. The molecule has 0 saturated heterocycles. The Morgan fingerprint density at radius 2 is 1.19 bits per heavy atom. The molecule has 1 saturated carbocycles. The molecule has 0 bridgehead atoms. The molecule has 5 aromatic rings. The van der Waals surface area contributed by atoms with Gasteiger partial charge in [-0.3, -0.25) is 0 Å². The zero-order valence-electron chi connectivity index (χ0n) is 35.7. The summed E-state index contributed by atoms with van der Waals surface area (Å²) >= 11 is -5.38. The average Bonchev–Trinajstić information content (AvgIpc) is 3.89. The van der Waals surface area contributed by atoms with Crippen molar-refractivity contribution in [1.82, 2.24) is 0 Å². The first-order valence-electron chi connectivity index (χ1n) is 21.3. The fourth-order valence-electron chi connectivity index (χ4n) is 14.3. The van der Waals surface area contributed by atoms with Gasteiger partial charge in [-0.15, -0.1) is 24.8 Å². The number of fused-ring (bicyclic) bond motifs is 8. The van der Waals surface area contributed by atoms with E-state index in [1.807, 2.05) is 0 Å². The van der Waals surface area contributed by atoms with E-state index in [9.17, 15) is 0 Å². The van der Waals surface area contributed by atoms with E-state index in [4.69, 9.17) is 4.21 Å². The van der Waals surface area contributed by atoms with Gasteiger partial charge >= 0.3 is 339 Å². The molecule has 3 atom stereocenters. The van der Waals surface area contributed by atoms with E-state index in [0.29, 0.717) is 5.92 Å². The van der Waals surface area contributed by atoms with Crippen LogP contribution in [0.15, 0.2) is 160 Å². The van der Waals surface area contributed by atoms with Crippen molar-refractivity contribution in [2.45, 2.75) is 84.2 Å². The van der Waals surface area contributed by atoms with Gasteiger partial charge in [-0.25, -0.2) is 0 Å². The van der Waals surface area contributed by atoms with Crippen LogP contribution in [0.1, 0.15) is 85.8 Å². The molecule has 0 spiro atoms. The van der Waals surface area contributed by atoms with E-state index in [1.165, 1.54) is 45.6 Å². The molecule has 0 aromatic heterocycles. The zero-order valence-corrected chi connectivity index (χ0v) is 39.8. The van der Waals surface area contributed by atoms with Gasteiger partial charge in [0.2, 0.25) is 0 Å². The molecule has 1 fully saturated rings. The Balaban J connectivity index is 0.00000235. The Bertz CT molecular complexity index is 2700. The summed E-state index contributed by atoms with van der Waals surface area (Å²) in [6.45, 7) is 21.6. The fourth-order valence-corrected chi connectivity index (χ4v) is 34.9. The summed E-state index contributed by atoms with van der Waals surface area (Å²) < 4.78 is 10.5. The van der Waals surface area contributed by atoms with Crippen LogP contribution in [-0.4, -0.2) is 4.21 Å². The summed E-state index contributed by atoms with van der Waals surface area (Å²) in [5, 5.41) is 5.23. The molecule has 5 aliphatic rings. The minimum absolute atomic E-state index is 0. The fraction of sp³-hybridized carbons (Fsp3) is 0.327. The van der Waals surface area contributed by atoms with Crippen LogP contribution in [-0.2, 0) is 24.7 Å². The van der Waals surface area contributed by atoms with Gasteiger partial charge in [-0.2, -0.15) is 0 Å². The van der Waals surface area contributed by atoms with Gasteiger partial charge in [-0.05, 0) is 0 Å². The number of halogens is 2. The topological polar surface area (TPSA) is 0 Å². The third kappa shape index (κ3) is 4.55. The van der Waals surface area contributed by atoms with Crippen LogP contribution in [0.5, 0.6) is 0 Å². The van der Waals surface area contributed by atoms with E-state index in [2.05, 4.69) is 195 Å². The molecule has 0 heterocycles. The van der Waals surface area contributed by atoms with Gasteiger partial charge < -0.3 is 0 Å². The van der Waals surface area contributed by atoms with Gasteiger partial charge in [0.05, 0.1) is 0 Å². The number of allylic oxidation sites excluding steroid dienone is 10. The molecule has 0 nitrogen and oxygen atoms in total. The van der Waals surface area contributed by atoms with Crippen LogP contribution in [0.3, 0.4) is 0 Å². The molecule has 0 amide bonds. The zero-order chi connectivity index (χ0) is 39.1. The molecule has 5 aromatic carbocycles. The van der Waals surface area contributed by atoms with Crippen LogP contribution in [0, 0.1) is 27.6 Å². The van der Waals surface area contributed by atoms with E-state index in [1.54, 1.807) is 25.6 Å². The van der Waals surface area contributed by atoms with Crippen LogP contribution < -0.4 is 6.54 Å². The van der Waals surface area contributed by atoms with Crippen molar-refractivity contribution >= 4 is 62.7 Å². The van der Waals surface area contributed by atoms with Gasteiger partial charge in [0, 0.05) is 0 Å². The minimum atomic E-state index is -5.38. The summed E-state index contributed by atoms with van der Waals surface area (Å²) in [4.78, 5) is 0. The van der Waals surface area contributed by atoms with Crippen LogP contribution in [0.4, 0.5) is 0 Å². The number of hydrogen-bond donors (Lipinski definition) is 0. The average molecular weight is 883 g/mol. The van der Waals surface area contributed by atoms with Gasteiger partial charge in [-0.1, -0.05) is 0 Å². The van der Waals surface area contributed by atoms with E-state index in [-0.39, 0.29) is 49.6 Å².